The summed E-state index contributed by atoms with van der Waals surface area (Å²) < 4.78 is 5.61. The highest BCUT2D eigenvalue weighted by molar-refractivity contribution is 5.32. The molecule has 2 aromatic rings. The van der Waals surface area contributed by atoms with Gasteiger partial charge in [0.05, 0.1) is 6.61 Å². The van der Waals surface area contributed by atoms with Gasteiger partial charge < -0.3 is 10.1 Å². The first kappa shape index (κ1) is 12.6. The maximum Gasteiger partial charge on any atom is 0.128 e. The van der Waals surface area contributed by atoms with Gasteiger partial charge in [0.1, 0.15) is 18.8 Å². The molecule has 0 fully saturated rings. The van der Waals surface area contributed by atoms with E-state index in [-0.39, 0.29) is 0 Å². The number of nitrogens with two attached hydrogens (primary N) is 1. The Hall–Kier alpha value is -1.87. The first-order chi connectivity index (χ1) is 8.90. The summed E-state index contributed by atoms with van der Waals surface area (Å²) in [5.41, 5.74) is 2.53. The molecule has 0 aliphatic heterocycles. The number of hydrogen-bond acceptors (Lipinski definition) is 2. The Balaban J connectivity index is 1.90. The van der Waals surface area contributed by atoms with Crippen LogP contribution in [0.4, 0.5) is 0 Å². The SMILES string of the molecule is CCOc1ccccc1C[NH2+]Cc1ccncc1. The van der Waals surface area contributed by atoms with Crippen LogP contribution in [-0.4, -0.2) is 11.6 Å². The van der Waals surface area contributed by atoms with Gasteiger partial charge in [0, 0.05) is 23.5 Å². The summed E-state index contributed by atoms with van der Waals surface area (Å²) in [6.45, 7) is 4.61. The lowest BCUT2D eigenvalue weighted by molar-refractivity contribution is -0.686. The molecule has 0 aliphatic carbocycles. The second-order valence-corrected chi connectivity index (χ2v) is 4.09. The molecule has 0 unspecified atom stereocenters. The van der Waals surface area contributed by atoms with E-state index < -0.39 is 0 Å². The molecular formula is C15H19N2O+. The quantitative estimate of drug-likeness (QED) is 0.839. The average molecular weight is 243 g/mol. The Bertz CT molecular complexity index is 471. The van der Waals surface area contributed by atoms with Crippen LogP contribution in [0.25, 0.3) is 0 Å². The highest BCUT2D eigenvalue weighted by Crippen LogP contribution is 2.16. The third kappa shape index (κ3) is 3.57. The van der Waals surface area contributed by atoms with Gasteiger partial charge in [-0.1, -0.05) is 12.1 Å². The second kappa shape index (κ2) is 6.77. The predicted octanol–water partition coefficient (Wildman–Crippen LogP) is 1.74. The highest BCUT2D eigenvalue weighted by atomic mass is 16.5. The number of pyridine rings is 1. The molecule has 18 heavy (non-hydrogen) atoms. The summed E-state index contributed by atoms with van der Waals surface area (Å²) in [5, 5.41) is 2.27. The molecule has 2 N–H and O–H groups in total. The van der Waals surface area contributed by atoms with Gasteiger partial charge in [0.25, 0.3) is 0 Å². The van der Waals surface area contributed by atoms with Crippen LogP contribution in [-0.2, 0) is 13.1 Å². The van der Waals surface area contributed by atoms with Gasteiger partial charge in [0.15, 0.2) is 0 Å². The Kier molecular flexibility index (Phi) is 4.73. The number of ether oxygens (including phenoxy) is 1. The Morgan fingerprint density at radius 3 is 2.61 bits per heavy atom. The van der Waals surface area contributed by atoms with E-state index in [9.17, 15) is 0 Å². The van der Waals surface area contributed by atoms with Crippen molar-refractivity contribution in [1.82, 2.24) is 4.98 Å². The molecule has 0 spiro atoms. The minimum Gasteiger partial charge on any atom is -0.493 e. The normalized spacial score (nSPS) is 10.3. The van der Waals surface area contributed by atoms with E-state index in [0.29, 0.717) is 6.61 Å². The van der Waals surface area contributed by atoms with Crippen LogP contribution in [0.1, 0.15) is 18.1 Å². The largest absolute Gasteiger partial charge is 0.493 e. The molecule has 3 nitrogen and oxygen atoms in total. The zero-order chi connectivity index (χ0) is 12.6. The lowest BCUT2D eigenvalue weighted by Crippen LogP contribution is -2.80. The van der Waals surface area contributed by atoms with Gasteiger partial charge in [-0.2, -0.15) is 0 Å². The molecule has 1 aromatic heterocycles. The van der Waals surface area contributed by atoms with Gasteiger partial charge in [0.2, 0.25) is 0 Å². The first-order valence-corrected chi connectivity index (χ1v) is 6.31. The van der Waals surface area contributed by atoms with Crippen LogP contribution in [0.2, 0.25) is 0 Å². The number of quaternary nitrogens is 1. The molecule has 94 valence electrons. The Morgan fingerprint density at radius 2 is 1.83 bits per heavy atom. The Labute approximate surface area is 108 Å². The number of rotatable bonds is 6. The molecule has 0 saturated heterocycles. The molecule has 0 saturated carbocycles. The van der Waals surface area contributed by atoms with Gasteiger partial charge in [-0.15, -0.1) is 0 Å². The topological polar surface area (TPSA) is 38.7 Å². The molecule has 0 amide bonds. The van der Waals surface area contributed by atoms with Crippen molar-refractivity contribution < 1.29 is 10.1 Å². The molecule has 1 heterocycles. The van der Waals surface area contributed by atoms with E-state index in [1.807, 2.05) is 43.6 Å². The predicted molar refractivity (Wildman–Crippen MR) is 71.2 cm³/mol. The minimum absolute atomic E-state index is 0.710. The molecule has 0 radical (unpaired) electrons. The van der Waals surface area contributed by atoms with E-state index in [4.69, 9.17) is 4.74 Å². The summed E-state index contributed by atoms with van der Waals surface area (Å²) in [5.74, 6) is 0.992. The summed E-state index contributed by atoms with van der Waals surface area (Å²) in [6, 6.07) is 12.3. The van der Waals surface area contributed by atoms with Crippen LogP contribution in [0.3, 0.4) is 0 Å². The van der Waals surface area contributed by atoms with Crippen molar-refractivity contribution >= 4 is 0 Å². The minimum atomic E-state index is 0.710. The van der Waals surface area contributed by atoms with Crippen LogP contribution >= 0.6 is 0 Å². The smallest absolute Gasteiger partial charge is 0.128 e. The summed E-state index contributed by atoms with van der Waals surface area (Å²) in [6.07, 6.45) is 3.66. The molecule has 0 bridgehead atoms. The van der Waals surface area contributed by atoms with Crippen molar-refractivity contribution in [1.29, 1.82) is 0 Å². The van der Waals surface area contributed by atoms with E-state index in [1.165, 1.54) is 11.1 Å². The van der Waals surface area contributed by atoms with Gasteiger partial charge in [-0.05, 0) is 31.2 Å². The van der Waals surface area contributed by atoms with Crippen molar-refractivity contribution in [2.75, 3.05) is 6.61 Å². The summed E-state index contributed by atoms with van der Waals surface area (Å²) in [4.78, 5) is 4.02. The monoisotopic (exact) mass is 243 g/mol. The highest BCUT2D eigenvalue weighted by Gasteiger charge is 2.04. The molecule has 0 atom stereocenters. The van der Waals surface area contributed by atoms with Crippen LogP contribution in [0.15, 0.2) is 48.8 Å². The number of benzene rings is 1. The van der Waals surface area contributed by atoms with Crippen LogP contribution < -0.4 is 10.1 Å². The second-order valence-electron chi connectivity index (χ2n) is 4.09. The standard InChI is InChI=1S/C15H18N2O/c1-2-18-15-6-4-3-5-14(15)12-17-11-13-7-9-16-10-8-13/h3-10,17H,2,11-12H2,1H3/p+1. The zero-order valence-electron chi connectivity index (χ0n) is 10.7. The Morgan fingerprint density at radius 1 is 1.06 bits per heavy atom. The first-order valence-electron chi connectivity index (χ1n) is 6.31. The van der Waals surface area contributed by atoms with Gasteiger partial charge in [-0.25, -0.2) is 0 Å². The van der Waals surface area contributed by atoms with Gasteiger partial charge >= 0.3 is 0 Å². The fourth-order valence-electron chi connectivity index (χ4n) is 1.88. The maximum atomic E-state index is 5.61. The molecule has 3 heteroatoms. The molecule has 1 aromatic carbocycles. The molecule has 0 aliphatic rings. The van der Waals surface area contributed by atoms with Crippen LogP contribution in [0, 0.1) is 0 Å². The summed E-state index contributed by atoms with van der Waals surface area (Å²) >= 11 is 0. The fraction of sp³-hybridized carbons (Fsp3) is 0.267. The number of para-hydroxylation sites is 1. The third-order valence-corrected chi connectivity index (χ3v) is 2.77. The van der Waals surface area contributed by atoms with Crippen molar-refractivity contribution in [3.05, 3.63) is 59.9 Å². The van der Waals surface area contributed by atoms with Crippen LogP contribution in [0.5, 0.6) is 5.75 Å². The van der Waals surface area contributed by atoms with Crippen molar-refractivity contribution in [3.63, 3.8) is 0 Å². The van der Waals surface area contributed by atoms with Crippen molar-refractivity contribution in [2.24, 2.45) is 0 Å². The number of nitrogens with zero attached hydrogens (tertiary/aromatic N) is 1. The average Bonchev–Trinajstić information content (AvgIpc) is 2.42. The lowest BCUT2D eigenvalue weighted by atomic mass is 10.2. The van der Waals surface area contributed by atoms with E-state index in [0.717, 1.165) is 18.8 Å². The summed E-state index contributed by atoms with van der Waals surface area (Å²) in [7, 11) is 0. The van der Waals surface area contributed by atoms with Crippen molar-refractivity contribution in [3.8, 4) is 5.75 Å². The fourth-order valence-corrected chi connectivity index (χ4v) is 1.88. The third-order valence-electron chi connectivity index (χ3n) is 2.77. The van der Waals surface area contributed by atoms with Crippen molar-refractivity contribution in [2.45, 2.75) is 20.0 Å². The zero-order valence-corrected chi connectivity index (χ0v) is 10.7. The molecular weight excluding hydrogens is 224 g/mol. The lowest BCUT2D eigenvalue weighted by Gasteiger charge is -2.08. The number of aromatic nitrogens is 1. The number of hydrogen-bond donors (Lipinski definition) is 1. The van der Waals surface area contributed by atoms with Gasteiger partial charge in [-0.3, -0.25) is 4.98 Å². The van der Waals surface area contributed by atoms with E-state index >= 15 is 0 Å². The molecule has 2 rings (SSSR count). The van der Waals surface area contributed by atoms with E-state index in [1.54, 1.807) is 0 Å². The maximum absolute atomic E-state index is 5.61. The van der Waals surface area contributed by atoms with E-state index in [2.05, 4.69) is 22.4 Å².